The van der Waals surface area contributed by atoms with Crippen LogP contribution in [-0.2, 0) is 22.5 Å². The van der Waals surface area contributed by atoms with Crippen molar-refractivity contribution in [3.05, 3.63) is 11.4 Å². The molecule has 3 amide bonds. The van der Waals surface area contributed by atoms with Crippen molar-refractivity contribution < 1.29 is 19.1 Å². The van der Waals surface area contributed by atoms with Crippen LogP contribution in [-0.4, -0.2) is 46.6 Å². The normalized spacial score (nSPS) is 10.0. The molecule has 5 N–H and O–H groups in total. The largest absolute Gasteiger partial charge is 0.464 e. The Morgan fingerprint density at radius 3 is 2.63 bits per heavy atom. The summed E-state index contributed by atoms with van der Waals surface area (Å²) in [6.07, 6.45) is 0.279. The van der Waals surface area contributed by atoms with Crippen molar-refractivity contribution in [2.24, 2.45) is 11.5 Å². The molecule has 0 aliphatic carbocycles. The van der Waals surface area contributed by atoms with Crippen molar-refractivity contribution in [1.82, 2.24) is 20.3 Å². The molecule has 104 valence electrons. The van der Waals surface area contributed by atoms with Gasteiger partial charge in [-0.3, -0.25) is 10.1 Å². The van der Waals surface area contributed by atoms with E-state index in [0.717, 1.165) is 4.68 Å². The van der Waals surface area contributed by atoms with E-state index in [1.807, 2.05) is 5.32 Å². The average Bonchev–Trinajstić information content (AvgIpc) is 2.71. The van der Waals surface area contributed by atoms with Gasteiger partial charge in [-0.1, -0.05) is 5.21 Å². The SMILES string of the molecule is COC(=O)c1nnn(CC(=O)NC(N)=O)c1CCN. The lowest BCUT2D eigenvalue weighted by atomic mass is 10.2. The quantitative estimate of drug-likeness (QED) is 0.511. The zero-order valence-corrected chi connectivity index (χ0v) is 10.3. The van der Waals surface area contributed by atoms with Gasteiger partial charge in [-0.25, -0.2) is 14.3 Å². The number of aromatic nitrogens is 3. The van der Waals surface area contributed by atoms with Crippen molar-refractivity contribution in [3.63, 3.8) is 0 Å². The van der Waals surface area contributed by atoms with Gasteiger partial charge in [0.2, 0.25) is 5.91 Å². The lowest BCUT2D eigenvalue weighted by Gasteiger charge is -2.05. The number of nitrogens with two attached hydrogens (primary N) is 2. The molecular formula is C9H14N6O4. The molecule has 1 rings (SSSR count). The maximum atomic E-state index is 11.4. The summed E-state index contributed by atoms with van der Waals surface area (Å²) in [4.78, 5) is 33.3. The zero-order valence-electron chi connectivity index (χ0n) is 10.3. The summed E-state index contributed by atoms with van der Waals surface area (Å²) in [7, 11) is 1.20. The third-order valence-electron chi connectivity index (χ3n) is 2.15. The van der Waals surface area contributed by atoms with E-state index in [0.29, 0.717) is 5.69 Å². The van der Waals surface area contributed by atoms with E-state index in [2.05, 4.69) is 15.0 Å². The first-order valence-electron chi connectivity index (χ1n) is 5.29. The third kappa shape index (κ3) is 3.74. The highest BCUT2D eigenvalue weighted by Gasteiger charge is 2.21. The van der Waals surface area contributed by atoms with Crippen LogP contribution in [0.25, 0.3) is 0 Å². The Kier molecular flexibility index (Phi) is 4.94. The molecule has 0 spiro atoms. The van der Waals surface area contributed by atoms with Gasteiger partial charge in [0.1, 0.15) is 6.54 Å². The molecular weight excluding hydrogens is 256 g/mol. The van der Waals surface area contributed by atoms with Crippen LogP contribution in [0.1, 0.15) is 16.2 Å². The Morgan fingerprint density at radius 2 is 2.11 bits per heavy atom. The summed E-state index contributed by atoms with van der Waals surface area (Å²) >= 11 is 0. The predicted molar refractivity (Wildman–Crippen MR) is 61.8 cm³/mol. The Bertz CT molecular complexity index is 497. The Hall–Kier alpha value is -2.49. The fourth-order valence-corrected chi connectivity index (χ4v) is 1.41. The minimum atomic E-state index is -0.973. The van der Waals surface area contributed by atoms with E-state index in [1.54, 1.807) is 0 Å². The van der Waals surface area contributed by atoms with Gasteiger partial charge in [0.25, 0.3) is 0 Å². The van der Waals surface area contributed by atoms with Crippen LogP contribution >= 0.6 is 0 Å². The average molecular weight is 270 g/mol. The second kappa shape index (κ2) is 6.44. The molecule has 0 saturated heterocycles. The lowest BCUT2D eigenvalue weighted by Crippen LogP contribution is -2.37. The molecule has 0 aliphatic heterocycles. The fraction of sp³-hybridized carbons (Fsp3) is 0.444. The molecule has 0 bridgehead atoms. The van der Waals surface area contributed by atoms with Gasteiger partial charge in [-0.15, -0.1) is 5.10 Å². The van der Waals surface area contributed by atoms with E-state index in [9.17, 15) is 14.4 Å². The number of imide groups is 1. The van der Waals surface area contributed by atoms with E-state index < -0.39 is 17.9 Å². The Balaban J connectivity index is 2.94. The number of hydrogen-bond donors (Lipinski definition) is 3. The van der Waals surface area contributed by atoms with Gasteiger partial charge in [0, 0.05) is 6.42 Å². The van der Waals surface area contributed by atoms with Crippen LogP contribution < -0.4 is 16.8 Å². The topological polar surface area (TPSA) is 155 Å². The standard InChI is InChI=1S/C9H14N6O4/c1-19-8(17)7-5(2-3-10)15(14-13-7)4-6(16)12-9(11)18/h2-4,10H2,1H3,(H3,11,12,16,18). The van der Waals surface area contributed by atoms with Gasteiger partial charge < -0.3 is 16.2 Å². The van der Waals surface area contributed by atoms with Crippen molar-refractivity contribution in [3.8, 4) is 0 Å². The molecule has 19 heavy (non-hydrogen) atoms. The van der Waals surface area contributed by atoms with Gasteiger partial charge in [0.15, 0.2) is 5.69 Å². The summed E-state index contributed by atoms with van der Waals surface area (Å²) in [6, 6.07) is -0.973. The van der Waals surface area contributed by atoms with Crippen molar-refractivity contribution in [2.75, 3.05) is 13.7 Å². The molecule has 0 unspecified atom stereocenters. The number of urea groups is 1. The molecule has 1 aromatic rings. The van der Waals surface area contributed by atoms with Gasteiger partial charge in [-0.2, -0.15) is 0 Å². The minimum Gasteiger partial charge on any atom is -0.464 e. The van der Waals surface area contributed by atoms with E-state index in [1.165, 1.54) is 7.11 Å². The number of nitrogens with one attached hydrogen (secondary N) is 1. The summed E-state index contributed by atoms with van der Waals surface area (Å²) in [6.45, 7) is -0.0723. The molecule has 10 heteroatoms. The summed E-state index contributed by atoms with van der Waals surface area (Å²) < 4.78 is 5.70. The fourth-order valence-electron chi connectivity index (χ4n) is 1.41. The first-order chi connectivity index (χ1) is 8.99. The highest BCUT2D eigenvalue weighted by Crippen LogP contribution is 2.07. The number of ether oxygens (including phenoxy) is 1. The molecule has 0 aliphatic rings. The van der Waals surface area contributed by atoms with Crippen LogP contribution in [0.2, 0.25) is 0 Å². The third-order valence-corrected chi connectivity index (χ3v) is 2.15. The summed E-state index contributed by atoms with van der Waals surface area (Å²) in [5.41, 5.74) is 10.6. The number of amides is 3. The van der Waals surface area contributed by atoms with E-state index >= 15 is 0 Å². The summed E-state index contributed by atoms with van der Waals surface area (Å²) in [5, 5.41) is 9.15. The van der Waals surface area contributed by atoms with Gasteiger partial charge >= 0.3 is 12.0 Å². The second-order valence-corrected chi connectivity index (χ2v) is 3.49. The number of hydrogen-bond acceptors (Lipinski definition) is 7. The second-order valence-electron chi connectivity index (χ2n) is 3.49. The maximum absolute atomic E-state index is 11.4. The van der Waals surface area contributed by atoms with Gasteiger partial charge in [-0.05, 0) is 6.54 Å². The number of esters is 1. The van der Waals surface area contributed by atoms with Gasteiger partial charge in [0.05, 0.1) is 12.8 Å². The van der Waals surface area contributed by atoms with Crippen LogP contribution in [0, 0.1) is 0 Å². The lowest BCUT2D eigenvalue weighted by molar-refractivity contribution is -0.120. The van der Waals surface area contributed by atoms with E-state index in [4.69, 9.17) is 11.5 Å². The van der Waals surface area contributed by atoms with Crippen LogP contribution in [0.3, 0.4) is 0 Å². The first kappa shape index (κ1) is 14.6. The molecule has 1 heterocycles. The number of carbonyl (C=O) groups is 3. The van der Waals surface area contributed by atoms with Crippen LogP contribution in [0.5, 0.6) is 0 Å². The Morgan fingerprint density at radius 1 is 1.42 bits per heavy atom. The minimum absolute atomic E-state index is 0.0141. The molecule has 1 aromatic heterocycles. The molecule has 0 atom stereocenters. The van der Waals surface area contributed by atoms with E-state index in [-0.39, 0.29) is 25.2 Å². The van der Waals surface area contributed by atoms with Crippen molar-refractivity contribution >= 4 is 17.9 Å². The Labute approximate surface area is 108 Å². The monoisotopic (exact) mass is 270 g/mol. The summed E-state index contributed by atoms with van der Waals surface area (Å²) in [5.74, 6) is -1.35. The predicted octanol–water partition coefficient (Wildman–Crippen LogP) is -2.24. The highest BCUT2D eigenvalue weighted by molar-refractivity contribution is 5.93. The zero-order chi connectivity index (χ0) is 14.4. The number of nitrogens with zero attached hydrogens (tertiary/aromatic N) is 3. The molecule has 0 radical (unpaired) electrons. The molecule has 0 aromatic carbocycles. The first-order valence-corrected chi connectivity index (χ1v) is 5.29. The smallest absolute Gasteiger partial charge is 0.360 e. The number of rotatable bonds is 5. The maximum Gasteiger partial charge on any atom is 0.360 e. The molecule has 0 saturated carbocycles. The van der Waals surface area contributed by atoms with Crippen LogP contribution in [0.15, 0.2) is 0 Å². The van der Waals surface area contributed by atoms with Crippen molar-refractivity contribution in [1.29, 1.82) is 0 Å². The highest BCUT2D eigenvalue weighted by atomic mass is 16.5. The van der Waals surface area contributed by atoms with Crippen LogP contribution in [0.4, 0.5) is 4.79 Å². The number of methoxy groups -OCH3 is 1. The van der Waals surface area contributed by atoms with Crippen molar-refractivity contribution in [2.45, 2.75) is 13.0 Å². The molecule has 0 fully saturated rings. The number of primary amides is 1. The molecule has 10 nitrogen and oxygen atoms in total. The number of carbonyl (C=O) groups excluding carboxylic acids is 3.